The van der Waals surface area contributed by atoms with Gasteiger partial charge >= 0.3 is 6.18 Å². The van der Waals surface area contributed by atoms with E-state index in [-0.39, 0.29) is 5.56 Å². The first-order valence-electron chi connectivity index (χ1n) is 4.79. The van der Waals surface area contributed by atoms with E-state index in [0.29, 0.717) is 0 Å². The molecule has 0 spiro atoms. The van der Waals surface area contributed by atoms with Gasteiger partial charge in [-0.1, -0.05) is 12.1 Å². The number of benzene rings is 1. The lowest BCUT2D eigenvalue weighted by Gasteiger charge is -2.12. The summed E-state index contributed by atoms with van der Waals surface area (Å²) in [6.45, 7) is -0.538. The van der Waals surface area contributed by atoms with Crippen molar-refractivity contribution in [2.24, 2.45) is 0 Å². The molecule has 0 heterocycles. The fraction of sp³-hybridized carbons (Fsp3) is 0.400. The highest BCUT2D eigenvalue weighted by Gasteiger charge is 2.30. The van der Waals surface area contributed by atoms with Gasteiger partial charge in [0.2, 0.25) is 0 Å². The molecule has 1 N–H and O–H groups in total. The smallest absolute Gasteiger partial charge is 0.386 e. The summed E-state index contributed by atoms with van der Waals surface area (Å²) in [6, 6.07) is 3.75. The van der Waals surface area contributed by atoms with Crippen LogP contribution in [0.2, 0.25) is 0 Å². The number of alkyl halides is 3. The van der Waals surface area contributed by atoms with Crippen molar-refractivity contribution in [3.8, 4) is 0 Å². The second kappa shape index (κ2) is 5.25. The maximum Gasteiger partial charge on any atom is 0.416 e. The number of hydrogen-bond donors (Lipinski definition) is 1. The van der Waals surface area contributed by atoms with Crippen LogP contribution in [-0.4, -0.2) is 26.4 Å². The number of hydrogen-bond acceptors (Lipinski definition) is 4. The molecule has 0 aliphatic carbocycles. The van der Waals surface area contributed by atoms with Crippen molar-refractivity contribution in [3.63, 3.8) is 0 Å². The van der Waals surface area contributed by atoms with E-state index < -0.39 is 34.6 Å². The summed E-state index contributed by atoms with van der Waals surface area (Å²) < 4.78 is 62.5. The van der Waals surface area contributed by atoms with Crippen molar-refractivity contribution >= 4 is 10.1 Å². The summed E-state index contributed by atoms with van der Waals surface area (Å²) >= 11 is 0. The molecule has 1 unspecified atom stereocenters. The van der Waals surface area contributed by atoms with E-state index in [0.717, 1.165) is 30.5 Å². The SMILES string of the molecule is CS(=O)(=O)OCC(O)c1ccc(C(F)(F)F)cc1. The van der Waals surface area contributed by atoms with Gasteiger partial charge in [0.05, 0.1) is 18.4 Å². The molecule has 0 aliphatic rings. The van der Waals surface area contributed by atoms with Crippen LogP contribution in [0.15, 0.2) is 24.3 Å². The Labute approximate surface area is 102 Å². The van der Waals surface area contributed by atoms with Gasteiger partial charge in [0.25, 0.3) is 10.1 Å². The third-order valence-electron chi connectivity index (χ3n) is 2.06. The predicted molar refractivity (Wildman–Crippen MR) is 57.2 cm³/mol. The summed E-state index contributed by atoms with van der Waals surface area (Å²) in [4.78, 5) is 0. The highest BCUT2D eigenvalue weighted by Crippen LogP contribution is 2.29. The molecule has 0 aliphatic heterocycles. The summed E-state index contributed by atoms with van der Waals surface area (Å²) in [7, 11) is -3.70. The van der Waals surface area contributed by atoms with Crippen LogP contribution in [0.25, 0.3) is 0 Å². The Balaban J connectivity index is 2.74. The van der Waals surface area contributed by atoms with Gasteiger partial charge in [-0.25, -0.2) is 0 Å². The maximum absolute atomic E-state index is 12.3. The zero-order valence-corrected chi connectivity index (χ0v) is 10.1. The Morgan fingerprint density at radius 2 is 1.78 bits per heavy atom. The highest BCUT2D eigenvalue weighted by atomic mass is 32.2. The van der Waals surface area contributed by atoms with E-state index in [4.69, 9.17) is 0 Å². The van der Waals surface area contributed by atoms with Gasteiger partial charge in [-0.2, -0.15) is 21.6 Å². The topological polar surface area (TPSA) is 63.6 Å². The van der Waals surface area contributed by atoms with Gasteiger partial charge in [0.1, 0.15) is 6.10 Å². The Hall–Kier alpha value is -1.12. The van der Waals surface area contributed by atoms with Crippen LogP contribution in [0.4, 0.5) is 13.2 Å². The molecule has 1 aromatic rings. The van der Waals surface area contributed by atoms with Crippen LogP contribution in [0.1, 0.15) is 17.2 Å². The van der Waals surface area contributed by atoms with Crippen molar-refractivity contribution in [1.82, 2.24) is 0 Å². The van der Waals surface area contributed by atoms with E-state index in [1.54, 1.807) is 0 Å². The molecule has 0 bridgehead atoms. The van der Waals surface area contributed by atoms with Gasteiger partial charge in [-0.3, -0.25) is 4.18 Å². The van der Waals surface area contributed by atoms with Crippen molar-refractivity contribution in [1.29, 1.82) is 0 Å². The maximum atomic E-state index is 12.3. The molecular weight excluding hydrogens is 273 g/mol. The third-order valence-corrected chi connectivity index (χ3v) is 2.63. The van der Waals surface area contributed by atoms with Gasteiger partial charge in [0.15, 0.2) is 0 Å². The van der Waals surface area contributed by atoms with Crippen LogP contribution in [0.3, 0.4) is 0 Å². The molecule has 1 rings (SSSR count). The van der Waals surface area contributed by atoms with E-state index in [1.807, 2.05) is 0 Å². The van der Waals surface area contributed by atoms with Gasteiger partial charge in [-0.15, -0.1) is 0 Å². The Morgan fingerprint density at radius 3 is 2.17 bits per heavy atom. The summed E-state index contributed by atoms with van der Waals surface area (Å²) in [5.74, 6) is 0. The normalized spacial score (nSPS) is 14.5. The second-order valence-corrected chi connectivity index (χ2v) is 5.27. The predicted octanol–water partition coefficient (Wildman–Crippen LogP) is 1.72. The quantitative estimate of drug-likeness (QED) is 0.855. The van der Waals surface area contributed by atoms with Crippen LogP contribution < -0.4 is 0 Å². The largest absolute Gasteiger partial charge is 0.416 e. The molecule has 1 atom stereocenters. The van der Waals surface area contributed by atoms with Crippen LogP contribution in [0, 0.1) is 0 Å². The first-order chi connectivity index (χ1) is 8.09. The molecule has 18 heavy (non-hydrogen) atoms. The lowest BCUT2D eigenvalue weighted by Crippen LogP contribution is -2.12. The number of rotatable bonds is 4. The number of aliphatic hydroxyl groups is 1. The standard InChI is InChI=1S/C10H11F3O4S/c1-18(15,16)17-6-9(14)7-2-4-8(5-3-7)10(11,12)13/h2-5,9,14H,6H2,1H3. The molecule has 1 aromatic carbocycles. The van der Waals surface area contributed by atoms with Gasteiger partial charge < -0.3 is 5.11 Å². The first-order valence-corrected chi connectivity index (χ1v) is 6.61. The molecule has 0 saturated carbocycles. The van der Waals surface area contributed by atoms with Crippen LogP contribution in [0.5, 0.6) is 0 Å². The molecule has 0 saturated heterocycles. The minimum absolute atomic E-state index is 0.145. The van der Waals surface area contributed by atoms with Crippen molar-refractivity contribution < 1.29 is 30.9 Å². The average Bonchev–Trinajstić information content (AvgIpc) is 2.24. The molecular formula is C10H11F3O4S. The fourth-order valence-electron chi connectivity index (χ4n) is 1.18. The van der Waals surface area contributed by atoms with Crippen molar-refractivity contribution in [2.75, 3.05) is 12.9 Å². The van der Waals surface area contributed by atoms with Gasteiger partial charge in [-0.05, 0) is 17.7 Å². The summed E-state index contributed by atoms with van der Waals surface area (Å²) in [6.07, 6.45) is -4.94. The minimum atomic E-state index is -4.45. The fourth-order valence-corrected chi connectivity index (χ4v) is 1.55. The monoisotopic (exact) mass is 284 g/mol. The van der Waals surface area contributed by atoms with Crippen molar-refractivity contribution in [3.05, 3.63) is 35.4 Å². The summed E-state index contributed by atoms with van der Waals surface area (Å²) in [5.41, 5.74) is -0.700. The molecule has 8 heteroatoms. The lowest BCUT2D eigenvalue weighted by atomic mass is 10.1. The third kappa shape index (κ3) is 4.63. The minimum Gasteiger partial charge on any atom is -0.386 e. The zero-order chi connectivity index (χ0) is 14.0. The van der Waals surface area contributed by atoms with E-state index in [2.05, 4.69) is 4.18 Å². The zero-order valence-electron chi connectivity index (χ0n) is 9.31. The highest BCUT2D eigenvalue weighted by molar-refractivity contribution is 7.85. The van der Waals surface area contributed by atoms with Gasteiger partial charge in [0, 0.05) is 0 Å². The molecule has 102 valence electrons. The molecule has 4 nitrogen and oxygen atoms in total. The Kier molecular flexibility index (Phi) is 4.36. The first kappa shape index (κ1) is 14.9. The second-order valence-electron chi connectivity index (χ2n) is 3.62. The van der Waals surface area contributed by atoms with E-state index in [9.17, 15) is 26.7 Å². The van der Waals surface area contributed by atoms with E-state index >= 15 is 0 Å². The van der Waals surface area contributed by atoms with Crippen LogP contribution in [-0.2, 0) is 20.5 Å². The molecule has 0 amide bonds. The van der Waals surface area contributed by atoms with Crippen molar-refractivity contribution in [2.45, 2.75) is 12.3 Å². The lowest BCUT2D eigenvalue weighted by molar-refractivity contribution is -0.137. The summed E-state index contributed by atoms with van der Waals surface area (Å²) in [5, 5.41) is 9.51. The van der Waals surface area contributed by atoms with Crippen LogP contribution >= 0.6 is 0 Å². The number of aliphatic hydroxyl groups excluding tert-OH is 1. The van der Waals surface area contributed by atoms with E-state index in [1.165, 1.54) is 0 Å². The average molecular weight is 284 g/mol. The Morgan fingerprint density at radius 1 is 1.28 bits per heavy atom. The molecule has 0 aromatic heterocycles. The molecule has 0 fully saturated rings. The molecule has 0 radical (unpaired) electrons. The Bertz CT molecular complexity index is 493. The number of halogens is 3.